The largest absolute Gasteiger partial charge is 0.394 e. The van der Waals surface area contributed by atoms with Gasteiger partial charge in [-0.2, -0.15) is 0 Å². The van der Waals surface area contributed by atoms with Gasteiger partial charge in [-0.3, -0.25) is 4.79 Å². The Balaban J connectivity index is 3.37. The molecule has 0 aromatic rings. The van der Waals surface area contributed by atoms with Gasteiger partial charge in [-0.1, -0.05) is 379 Å². The van der Waals surface area contributed by atoms with Gasteiger partial charge in [-0.15, -0.1) is 0 Å². The molecule has 0 bridgehead atoms. The van der Waals surface area contributed by atoms with Gasteiger partial charge in [0, 0.05) is 6.42 Å². The molecule has 0 fully saturated rings. The van der Waals surface area contributed by atoms with E-state index in [0.717, 1.165) is 25.7 Å². The first-order valence-electron chi connectivity index (χ1n) is 34.9. The van der Waals surface area contributed by atoms with E-state index in [1.165, 1.54) is 360 Å². The van der Waals surface area contributed by atoms with Gasteiger partial charge in [0.25, 0.3) is 0 Å². The van der Waals surface area contributed by atoms with Gasteiger partial charge in [0.15, 0.2) is 0 Å². The minimum Gasteiger partial charge on any atom is -0.394 e. The van der Waals surface area contributed by atoms with Crippen LogP contribution in [0.15, 0.2) is 12.2 Å². The van der Waals surface area contributed by atoms with Crippen molar-refractivity contribution in [2.45, 2.75) is 424 Å². The molecule has 442 valence electrons. The zero-order chi connectivity index (χ0) is 53.4. The summed E-state index contributed by atoms with van der Waals surface area (Å²) in [4.78, 5) is 12.6. The number of rotatable bonds is 66. The van der Waals surface area contributed by atoms with E-state index >= 15 is 0 Å². The van der Waals surface area contributed by atoms with Crippen LogP contribution < -0.4 is 5.32 Å². The second kappa shape index (κ2) is 66.4. The molecule has 0 aliphatic heterocycles. The number of aliphatic hydroxyl groups is 2. The summed E-state index contributed by atoms with van der Waals surface area (Å²) >= 11 is 0. The lowest BCUT2D eigenvalue weighted by atomic mass is 10.0. The molecule has 2 unspecified atom stereocenters. The Bertz CT molecular complexity index is 1040. The zero-order valence-corrected chi connectivity index (χ0v) is 51.2. The van der Waals surface area contributed by atoms with Gasteiger partial charge in [-0.05, 0) is 38.5 Å². The van der Waals surface area contributed by atoms with Crippen molar-refractivity contribution in [3.8, 4) is 0 Å². The molecule has 2 atom stereocenters. The fraction of sp³-hybridized carbons (Fsp3) is 0.957. The number of nitrogens with one attached hydrogen (secondary N) is 1. The van der Waals surface area contributed by atoms with E-state index < -0.39 is 12.1 Å². The summed E-state index contributed by atoms with van der Waals surface area (Å²) in [5.41, 5.74) is 0. The molecule has 4 heteroatoms. The maximum Gasteiger partial charge on any atom is 0.220 e. The Labute approximate surface area is 467 Å². The van der Waals surface area contributed by atoms with Crippen molar-refractivity contribution in [1.82, 2.24) is 5.32 Å². The van der Waals surface area contributed by atoms with Crippen LogP contribution in [0.4, 0.5) is 0 Å². The fourth-order valence-electron chi connectivity index (χ4n) is 11.5. The second-order valence-electron chi connectivity index (χ2n) is 24.3. The number of aliphatic hydroxyl groups excluding tert-OH is 2. The molecule has 0 saturated heterocycles. The average Bonchev–Trinajstić information content (AvgIpc) is 3.40. The first kappa shape index (κ1) is 73.1. The molecule has 0 heterocycles. The maximum absolute atomic E-state index is 12.6. The van der Waals surface area contributed by atoms with Gasteiger partial charge in [0.05, 0.1) is 18.8 Å². The summed E-state index contributed by atoms with van der Waals surface area (Å²) in [6.07, 6.45) is 88.5. The zero-order valence-electron chi connectivity index (χ0n) is 51.2. The topological polar surface area (TPSA) is 69.6 Å². The lowest BCUT2D eigenvalue weighted by Gasteiger charge is -2.22. The highest BCUT2D eigenvalue weighted by atomic mass is 16.3. The van der Waals surface area contributed by atoms with Gasteiger partial charge in [0.1, 0.15) is 0 Å². The Morgan fingerprint density at radius 2 is 0.514 bits per heavy atom. The number of hydrogen-bond donors (Lipinski definition) is 3. The third-order valence-corrected chi connectivity index (χ3v) is 16.8. The Hall–Kier alpha value is -0.870. The van der Waals surface area contributed by atoms with Crippen LogP contribution in [0, 0.1) is 0 Å². The van der Waals surface area contributed by atoms with Crippen LogP contribution >= 0.6 is 0 Å². The summed E-state index contributed by atoms with van der Waals surface area (Å²) in [5.74, 6) is -0.0214. The fourth-order valence-corrected chi connectivity index (χ4v) is 11.5. The van der Waals surface area contributed by atoms with E-state index in [2.05, 4.69) is 31.3 Å². The normalized spacial score (nSPS) is 12.6. The first-order chi connectivity index (χ1) is 36.7. The van der Waals surface area contributed by atoms with Crippen LogP contribution in [0.1, 0.15) is 412 Å². The molecule has 0 aliphatic rings. The quantitative estimate of drug-likeness (QED) is 0.0420. The summed E-state index contributed by atoms with van der Waals surface area (Å²) in [6.45, 7) is 4.42. The molecule has 0 aliphatic carbocycles. The lowest BCUT2D eigenvalue weighted by Crippen LogP contribution is -2.45. The molecule has 0 aromatic heterocycles. The molecule has 0 rings (SSSR count). The Morgan fingerprint density at radius 3 is 0.743 bits per heavy atom. The number of carbonyl (C=O) groups is 1. The molecular weight excluding hydrogens is 903 g/mol. The van der Waals surface area contributed by atoms with Gasteiger partial charge in [-0.25, -0.2) is 0 Å². The van der Waals surface area contributed by atoms with Crippen LogP contribution in [0.3, 0.4) is 0 Å². The van der Waals surface area contributed by atoms with Crippen LogP contribution in [0.25, 0.3) is 0 Å². The van der Waals surface area contributed by atoms with Crippen molar-refractivity contribution < 1.29 is 15.0 Å². The first-order valence-corrected chi connectivity index (χ1v) is 34.9. The Kier molecular flexibility index (Phi) is 65.6. The molecular formula is C70H139NO3. The van der Waals surface area contributed by atoms with E-state index in [1.54, 1.807) is 0 Å². The van der Waals surface area contributed by atoms with Crippen molar-refractivity contribution in [3.63, 3.8) is 0 Å². The van der Waals surface area contributed by atoms with Crippen molar-refractivity contribution in [1.29, 1.82) is 0 Å². The van der Waals surface area contributed by atoms with Crippen molar-refractivity contribution >= 4 is 5.91 Å². The highest BCUT2D eigenvalue weighted by Crippen LogP contribution is 2.20. The van der Waals surface area contributed by atoms with Crippen molar-refractivity contribution in [3.05, 3.63) is 12.2 Å². The minimum atomic E-state index is -0.658. The number of unbranched alkanes of at least 4 members (excludes halogenated alkanes) is 57. The predicted molar refractivity (Wildman–Crippen MR) is 332 cm³/mol. The van der Waals surface area contributed by atoms with Crippen molar-refractivity contribution in [2.75, 3.05) is 6.61 Å². The van der Waals surface area contributed by atoms with Crippen LogP contribution in [-0.2, 0) is 4.79 Å². The molecule has 0 radical (unpaired) electrons. The smallest absolute Gasteiger partial charge is 0.220 e. The molecule has 0 spiro atoms. The third-order valence-electron chi connectivity index (χ3n) is 16.8. The van der Waals surface area contributed by atoms with Crippen LogP contribution in [-0.4, -0.2) is 34.9 Å². The van der Waals surface area contributed by atoms with E-state index in [4.69, 9.17) is 0 Å². The number of hydrogen-bond acceptors (Lipinski definition) is 3. The summed E-state index contributed by atoms with van der Waals surface area (Å²) in [5, 5.41) is 23.5. The SMILES string of the molecule is CCCCCCCCCCCCCCCCCC/C=C\CCCCCCCCCCCCCCCCCCCC(=O)NC(CO)C(O)CCCCCCCCCCCCCCCCCCCCCCCCCCC. The molecule has 0 aromatic carbocycles. The Morgan fingerprint density at radius 1 is 0.311 bits per heavy atom. The van der Waals surface area contributed by atoms with E-state index in [0.29, 0.717) is 12.8 Å². The highest BCUT2D eigenvalue weighted by Gasteiger charge is 2.20. The molecule has 3 N–H and O–H groups in total. The maximum atomic E-state index is 12.6. The van der Waals surface area contributed by atoms with E-state index in [1.807, 2.05) is 0 Å². The molecule has 0 saturated carbocycles. The number of amides is 1. The number of carbonyl (C=O) groups excluding carboxylic acids is 1. The highest BCUT2D eigenvalue weighted by molar-refractivity contribution is 5.76. The molecule has 4 nitrogen and oxygen atoms in total. The standard InChI is InChI=1S/C70H139NO3/c1-3-5-7-9-11-13-15-17-19-21-23-25-27-29-30-31-32-33-34-35-36-37-38-39-40-42-44-46-48-50-52-54-56-58-60-62-64-66-70(74)71-68(67-72)69(73)65-63-61-59-57-55-53-51-49-47-45-43-41-28-26-24-22-20-18-16-14-12-10-8-6-4-2/h33-34,68-69,72-73H,3-32,35-67H2,1-2H3,(H,71,74)/b34-33-. The molecule has 74 heavy (non-hydrogen) atoms. The minimum absolute atomic E-state index is 0.0214. The van der Waals surface area contributed by atoms with E-state index in [9.17, 15) is 15.0 Å². The number of allylic oxidation sites excluding steroid dienone is 2. The van der Waals surface area contributed by atoms with Gasteiger partial charge >= 0.3 is 0 Å². The van der Waals surface area contributed by atoms with Crippen LogP contribution in [0.2, 0.25) is 0 Å². The third kappa shape index (κ3) is 62.0. The summed E-state index contributed by atoms with van der Waals surface area (Å²) in [7, 11) is 0. The van der Waals surface area contributed by atoms with Crippen molar-refractivity contribution in [2.24, 2.45) is 0 Å². The predicted octanol–water partition coefficient (Wildman–Crippen LogP) is 23.6. The molecule has 1 amide bonds. The monoisotopic (exact) mass is 1040 g/mol. The lowest BCUT2D eigenvalue weighted by molar-refractivity contribution is -0.123. The second-order valence-corrected chi connectivity index (χ2v) is 24.3. The average molecular weight is 1040 g/mol. The van der Waals surface area contributed by atoms with Gasteiger partial charge in [0.2, 0.25) is 5.91 Å². The van der Waals surface area contributed by atoms with Crippen LogP contribution in [0.5, 0.6) is 0 Å². The summed E-state index contributed by atoms with van der Waals surface area (Å²) < 4.78 is 0. The summed E-state index contributed by atoms with van der Waals surface area (Å²) in [6, 6.07) is -0.534. The van der Waals surface area contributed by atoms with E-state index in [-0.39, 0.29) is 12.5 Å². The van der Waals surface area contributed by atoms with Gasteiger partial charge < -0.3 is 15.5 Å².